The first-order chi connectivity index (χ1) is 10.6. The Morgan fingerprint density at radius 3 is 2.82 bits per heavy atom. The average molecular weight is 323 g/mol. The van der Waals surface area contributed by atoms with Crippen molar-refractivity contribution in [2.24, 2.45) is 7.05 Å². The van der Waals surface area contributed by atoms with Gasteiger partial charge in [0.1, 0.15) is 0 Å². The molecule has 2 heterocycles. The van der Waals surface area contributed by atoms with E-state index in [1.165, 1.54) is 6.42 Å². The third-order valence-corrected chi connectivity index (χ3v) is 5.73. The number of amides is 2. The first-order valence-corrected chi connectivity index (χ1v) is 9.26. The molecule has 3 atom stereocenters. The lowest BCUT2D eigenvalue weighted by Crippen LogP contribution is -2.46. The summed E-state index contributed by atoms with van der Waals surface area (Å²) < 4.78 is 1.81. The Kier molecular flexibility index (Phi) is 4.81. The van der Waals surface area contributed by atoms with E-state index >= 15 is 0 Å². The van der Waals surface area contributed by atoms with E-state index in [9.17, 15) is 4.79 Å². The second kappa shape index (κ2) is 6.81. The van der Waals surface area contributed by atoms with E-state index in [1.807, 2.05) is 35.9 Å². The number of hydrogen-bond donors (Lipinski definition) is 2. The summed E-state index contributed by atoms with van der Waals surface area (Å²) in [5.41, 5.74) is 1.13. The molecule has 2 N–H and O–H groups in total. The van der Waals surface area contributed by atoms with Crippen LogP contribution in [0.25, 0.3) is 0 Å². The minimum Gasteiger partial charge on any atom is -0.367 e. The van der Waals surface area contributed by atoms with Crippen LogP contribution in [0.4, 0.5) is 10.5 Å². The number of thioether (sulfide) groups is 1. The molecule has 6 nitrogen and oxygen atoms in total. The number of urea groups is 1. The number of hydrogen-bond acceptors (Lipinski definition) is 4. The summed E-state index contributed by atoms with van der Waals surface area (Å²) in [5.74, 6) is 0. The van der Waals surface area contributed by atoms with Crippen molar-refractivity contribution in [2.75, 3.05) is 24.2 Å². The van der Waals surface area contributed by atoms with E-state index in [2.05, 4.69) is 26.9 Å². The van der Waals surface area contributed by atoms with Gasteiger partial charge in [0.25, 0.3) is 0 Å². The Morgan fingerprint density at radius 2 is 2.14 bits per heavy atom. The zero-order chi connectivity index (χ0) is 15.5. The second-order valence-electron chi connectivity index (χ2n) is 6.29. The zero-order valence-electron chi connectivity index (χ0n) is 13.3. The first-order valence-electron chi connectivity index (χ1n) is 7.97. The van der Waals surface area contributed by atoms with Crippen LogP contribution in [0.2, 0.25) is 0 Å². The molecule has 22 heavy (non-hydrogen) atoms. The molecule has 1 saturated carbocycles. The number of aryl methyl sites for hydroxylation is 1. The minimum absolute atomic E-state index is 0.00945. The van der Waals surface area contributed by atoms with Gasteiger partial charge in [0.2, 0.25) is 0 Å². The van der Waals surface area contributed by atoms with Crippen LogP contribution in [-0.4, -0.2) is 52.5 Å². The van der Waals surface area contributed by atoms with Crippen LogP contribution < -0.4 is 15.5 Å². The summed E-state index contributed by atoms with van der Waals surface area (Å²) in [6.45, 7) is 1.83. The molecule has 0 radical (unpaired) electrons. The highest BCUT2D eigenvalue weighted by Gasteiger charge is 2.28. The lowest BCUT2D eigenvalue weighted by Gasteiger charge is -2.19. The number of rotatable bonds is 4. The van der Waals surface area contributed by atoms with Gasteiger partial charge in [0.15, 0.2) is 0 Å². The molecule has 1 aromatic rings. The fourth-order valence-electron chi connectivity index (χ4n) is 3.38. The van der Waals surface area contributed by atoms with Crippen LogP contribution in [0.15, 0.2) is 12.4 Å². The Hall–Kier alpha value is -1.37. The van der Waals surface area contributed by atoms with Gasteiger partial charge in [0.05, 0.1) is 11.9 Å². The van der Waals surface area contributed by atoms with E-state index in [0.717, 1.165) is 38.0 Å². The largest absolute Gasteiger partial charge is 0.367 e. The fraction of sp³-hybridized carbons (Fsp3) is 0.733. The Bertz CT molecular complexity index is 520. The Labute approximate surface area is 136 Å². The number of carbonyl (C=O) groups is 1. The molecule has 0 aromatic carbocycles. The summed E-state index contributed by atoms with van der Waals surface area (Å²) in [7, 11) is 1.92. The van der Waals surface area contributed by atoms with E-state index in [0.29, 0.717) is 11.3 Å². The van der Waals surface area contributed by atoms with Crippen molar-refractivity contribution in [3.05, 3.63) is 12.4 Å². The molecule has 0 bridgehead atoms. The highest BCUT2D eigenvalue weighted by molar-refractivity contribution is 7.99. The molecule has 1 aliphatic carbocycles. The molecule has 1 aliphatic heterocycles. The van der Waals surface area contributed by atoms with Crippen molar-refractivity contribution < 1.29 is 4.79 Å². The van der Waals surface area contributed by atoms with Crippen molar-refractivity contribution in [3.63, 3.8) is 0 Å². The third-order valence-electron chi connectivity index (χ3n) is 4.63. The Morgan fingerprint density at radius 1 is 1.32 bits per heavy atom. The van der Waals surface area contributed by atoms with E-state index in [-0.39, 0.29) is 12.1 Å². The lowest BCUT2D eigenvalue weighted by atomic mass is 10.2. The zero-order valence-corrected chi connectivity index (χ0v) is 14.1. The number of carbonyl (C=O) groups excluding carboxylic acids is 1. The van der Waals surface area contributed by atoms with Gasteiger partial charge < -0.3 is 15.5 Å². The normalized spacial score (nSPS) is 28.1. The number of aromatic nitrogens is 2. The van der Waals surface area contributed by atoms with E-state index in [4.69, 9.17) is 0 Å². The van der Waals surface area contributed by atoms with Crippen LogP contribution in [0.3, 0.4) is 0 Å². The van der Waals surface area contributed by atoms with Gasteiger partial charge >= 0.3 is 6.03 Å². The van der Waals surface area contributed by atoms with Gasteiger partial charge in [0, 0.05) is 43.7 Å². The standard InChI is InChI=1S/C15H25N5OS/c1-19-10-13(8-16-19)20-6-5-12(9-20)18-15(21)17-11-3-4-14(7-11)22-2/h8,10-12,14H,3-7,9H2,1-2H3,(H2,17,18,21)/t11-,12-,14-/m1/s1. The van der Waals surface area contributed by atoms with Gasteiger partial charge in [-0.1, -0.05) is 0 Å². The van der Waals surface area contributed by atoms with E-state index in [1.54, 1.807) is 0 Å². The topological polar surface area (TPSA) is 62.2 Å². The smallest absolute Gasteiger partial charge is 0.315 e. The summed E-state index contributed by atoms with van der Waals surface area (Å²) in [6, 6.07) is 0.552. The molecule has 122 valence electrons. The highest BCUT2D eigenvalue weighted by atomic mass is 32.2. The molecular formula is C15H25N5OS. The third kappa shape index (κ3) is 3.69. The second-order valence-corrected chi connectivity index (χ2v) is 7.43. The molecule has 7 heteroatoms. The fourth-order valence-corrected chi connectivity index (χ4v) is 4.18. The van der Waals surface area contributed by atoms with Crippen LogP contribution in [-0.2, 0) is 7.05 Å². The van der Waals surface area contributed by atoms with Gasteiger partial charge in [-0.3, -0.25) is 4.68 Å². The molecule has 0 unspecified atom stereocenters. The summed E-state index contributed by atoms with van der Waals surface area (Å²) in [4.78, 5) is 14.4. The van der Waals surface area contributed by atoms with Crippen LogP contribution in [0.1, 0.15) is 25.7 Å². The molecule has 3 rings (SSSR count). The van der Waals surface area contributed by atoms with Gasteiger partial charge in [-0.2, -0.15) is 16.9 Å². The molecule has 1 saturated heterocycles. The van der Waals surface area contributed by atoms with Crippen molar-refractivity contribution in [1.29, 1.82) is 0 Å². The van der Waals surface area contributed by atoms with E-state index < -0.39 is 0 Å². The summed E-state index contributed by atoms with van der Waals surface area (Å²) in [5, 5.41) is 11.2. The predicted octanol–water partition coefficient (Wildman–Crippen LogP) is 1.58. The summed E-state index contributed by atoms with van der Waals surface area (Å²) >= 11 is 1.91. The average Bonchev–Trinajstić information content (AvgIpc) is 3.19. The maximum atomic E-state index is 12.1. The molecular weight excluding hydrogens is 298 g/mol. The first kappa shape index (κ1) is 15.5. The van der Waals surface area contributed by atoms with Gasteiger partial charge in [-0.15, -0.1) is 0 Å². The Balaban J connectivity index is 1.43. The monoisotopic (exact) mass is 323 g/mol. The lowest BCUT2D eigenvalue weighted by molar-refractivity contribution is 0.234. The van der Waals surface area contributed by atoms with Crippen molar-refractivity contribution >= 4 is 23.5 Å². The molecule has 1 aromatic heterocycles. The van der Waals surface area contributed by atoms with Crippen LogP contribution in [0, 0.1) is 0 Å². The van der Waals surface area contributed by atoms with Crippen molar-refractivity contribution in [1.82, 2.24) is 20.4 Å². The quantitative estimate of drug-likeness (QED) is 0.883. The predicted molar refractivity (Wildman–Crippen MR) is 90.4 cm³/mol. The maximum Gasteiger partial charge on any atom is 0.315 e. The summed E-state index contributed by atoms with van der Waals surface area (Å²) in [6.07, 6.45) is 10.4. The maximum absolute atomic E-state index is 12.1. The van der Waals surface area contributed by atoms with Crippen LogP contribution in [0.5, 0.6) is 0 Å². The molecule has 2 aliphatic rings. The SMILES string of the molecule is CS[C@@H]1CC[C@@H](NC(=O)N[C@@H]2CCN(c3cnn(C)c3)C2)C1. The van der Waals surface area contributed by atoms with Gasteiger partial charge in [-0.05, 0) is 31.9 Å². The van der Waals surface area contributed by atoms with Crippen molar-refractivity contribution in [2.45, 2.75) is 43.0 Å². The van der Waals surface area contributed by atoms with Gasteiger partial charge in [-0.25, -0.2) is 4.79 Å². The molecule has 0 spiro atoms. The molecule has 2 fully saturated rings. The van der Waals surface area contributed by atoms with Crippen LogP contribution >= 0.6 is 11.8 Å². The number of nitrogens with zero attached hydrogens (tertiary/aromatic N) is 3. The van der Waals surface area contributed by atoms with Crippen molar-refractivity contribution in [3.8, 4) is 0 Å². The number of nitrogens with one attached hydrogen (secondary N) is 2. The minimum atomic E-state index is -0.00945. The molecule has 2 amide bonds. The highest BCUT2D eigenvalue weighted by Crippen LogP contribution is 2.28. The number of anilines is 1.